The molecular weight excluding hydrogens is 633 g/mol. The van der Waals surface area contributed by atoms with Gasteiger partial charge in [0.15, 0.2) is 0 Å². The zero-order valence-electron chi connectivity index (χ0n) is 28.1. The lowest BCUT2D eigenvalue weighted by atomic mass is 9.99. The van der Waals surface area contributed by atoms with Crippen LogP contribution in [0.1, 0.15) is 5.56 Å². The maximum atomic E-state index is 10.0. The molecule has 0 unspecified atom stereocenters. The second-order valence-electron chi connectivity index (χ2n) is 13.1. The topological polar surface area (TPSA) is 46.5 Å². The summed E-state index contributed by atoms with van der Waals surface area (Å²) in [4.78, 5) is 5.13. The van der Waals surface area contributed by atoms with Gasteiger partial charge in [0.1, 0.15) is 0 Å². The van der Waals surface area contributed by atoms with Crippen molar-refractivity contribution >= 4 is 43.6 Å². The van der Waals surface area contributed by atoms with Crippen LogP contribution >= 0.6 is 0 Å². The third kappa shape index (κ3) is 4.72. The Kier molecular flexibility index (Phi) is 6.84. The highest BCUT2D eigenvalue weighted by Gasteiger charge is 2.21. The van der Waals surface area contributed by atoms with Gasteiger partial charge in [-0.25, -0.2) is 4.98 Å². The van der Waals surface area contributed by atoms with E-state index in [1.807, 2.05) is 30.3 Å². The minimum atomic E-state index is 0.641. The average molecular weight is 663 g/mol. The SMILES string of the molecule is N#Cc1ccc2c(c1)c1c(ccc3c4ccccc4n(-c4cccc(-c5cc(-c6ccccc6)nc(-c6ccccc6)c5)c4)c31)n2-c1ccccc1. The molecule has 10 rings (SSSR count). The minimum absolute atomic E-state index is 0.641. The molecule has 242 valence electrons. The Bertz CT molecular complexity index is 2940. The third-order valence-electron chi connectivity index (χ3n) is 10.1. The van der Waals surface area contributed by atoms with E-state index in [1.165, 1.54) is 10.8 Å². The zero-order chi connectivity index (χ0) is 34.6. The van der Waals surface area contributed by atoms with Gasteiger partial charge in [-0.3, -0.25) is 0 Å². The fraction of sp³-hybridized carbons (Fsp3) is 0. The van der Waals surface area contributed by atoms with Gasteiger partial charge in [0.05, 0.1) is 45.1 Å². The van der Waals surface area contributed by atoms with Crippen LogP contribution in [0.25, 0.3) is 88.6 Å². The molecule has 0 aliphatic heterocycles. The number of pyridine rings is 1. The first-order valence-electron chi connectivity index (χ1n) is 17.4. The summed E-state index contributed by atoms with van der Waals surface area (Å²) in [5, 5.41) is 14.5. The lowest BCUT2D eigenvalue weighted by molar-refractivity contribution is 1.17. The van der Waals surface area contributed by atoms with E-state index in [2.05, 4.69) is 167 Å². The van der Waals surface area contributed by atoms with Crippen molar-refractivity contribution in [3.8, 4) is 51.1 Å². The van der Waals surface area contributed by atoms with Crippen molar-refractivity contribution in [2.45, 2.75) is 0 Å². The van der Waals surface area contributed by atoms with Crippen LogP contribution in [0.3, 0.4) is 0 Å². The first kappa shape index (κ1) is 29.7. The van der Waals surface area contributed by atoms with Crippen molar-refractivity contribution in [1.29, 1.82) is 5.26 Å². The Balaban J connectivity index is 1.27. The summed E-state index contributed by atoms with van der Waals surface area (Å²) < 4.78 is 4.72. The number of nitrogens with zero attached hydrogens (tertiary/aromatic N) is 4. The maximum Gasteiger partial charge on any atom is 0.0991 e. The first-order chi connectivity index (χ1) is 25.7. The number of fused-ring (bicyclic) bond motifs is 7. The van der Waals surface area contributed by atoms with Crippen LogP contribution in [0.15, 0.2) is 182 Å². The van der Waals surface area contributed by atoms with Gasteiger partial charge >= 0.3 is 0 Å². The molecule has 0 aliphatic carbocycles. The number of para-hydroxylation sites is 2. The standard InChI is InChI=1S/C48H30N4/c49-31-32-23-25-45-41(27-32)47-46(51(45)37-18-8-3-9-19-37)26-24-40-39-21-10-11-22-44(39)52(48(40)47)38-20-12-17-35(28-38)36-29-42(33-13-4-1-5-14-33)50-43(30-36)34-15-6-2-7-16-34/h1-30H. The molecule has 0 amide bonds. The molecule has 0 saturated heterocycles. The van der Waals surface area contributed by atoms with E-state index < -0.39 is 0 Å². The molecule has 0 aliphatic rings. The summed E-state index contributed by atoms with van der Waals surface area (Å²) in [7, 11) is 0. The lowest BCUT2D eigenvalue weighted by Gasteiger charge is -2.13. The summed E-state index contributed by atoms with van der Waals surface area (Å²) >= 11 is 0. The van der Waals surface area contributed by atoms with E-state index in [-0.39, 0.29) is 0 Å². The van der Waals surface area contributed by atoms with Gasteiger partial charge in [-0.2, -0.15) is 5.26 Å². The molecule has 0 atom stereocenters. The number of hydrogen-bond acceptors (Lipinski definition) is 2. The van der Waals surface area contributed by atoms with E-state index >= 15 is 0 Å². The van der Waals surface area contributed by atoms with Crippen molar-refractivity contribution in [2.24, 2.45) is 0 Å². The van der Waals surface area contributed by atoms with Crippen molar-refractivity contribution in [3.63, 3.8) is 0 Å². The van der Waals surface area contributed by atoms with Crippen LogP contribution < -0.4 is 0 Å². The maximum absolute atomic E-state index is 10.0. The number of rotatable bonds is 5. The first-order valence-corrected chi connectivity index (χ1v) is 17.4. The quantitative estimate of drug-likeness (QED) is 0.184. The molecule has 0 N–H and O–H groups in total. The molecule has 7 aromatic carbocycles. The molecule has 0 fully saturated rings. The van der Waals surface area contributed by atoms with Gasteiger partial charge < -0.3 is 9.13 Å². The lowest BCUT2D eigenvalue weighted by Crippen LogP contribution is -1.96. The Morgan fingerprint density at radius 1 is 0.404 bits per heavy atom. The monoisotopic (exact) mass is 662 g/mol. The highest BCUT2D eigenvalue weighted by Crippen LogP contribution is 2.42. The summed E-state index contributed by atoms with van der Waals surface area (Å²) in [6.45, 7) is 0. The van der Waals surface area contributed by atoms with E-state index in [0.717, 1.165) is 77.9 Å². The van der Waals surface area contributed by atoms with Crippen LogP contribution in [-0.2, 0) is 0 Å². The van der Waals surface area contributed by atoms with Gasteiger partial charge in [-0.05, 0) is 77.9 Å². The van der Waals surface area contributed by atoms with Gasteiger partial charge in [0, 0.05) is 44.0 Å². The van der Waals surface area contributed by atoms with Crippen LogP contribution in [0.4, 0.5) is 0 Å². The molecule has 0 saturated carbocycles. The summed E-state index contributed by atoms with van der Waals surface area (Å²) in [5.74, 6) is 0. The highest BCUT2D eigenvalue weighted by molar-refractivity contribution is 6.26. The third-order valence-corrected chi connectivity index (χ3v) is 10.1. The molecule has 3 aromatic heterocycles. The van der Waals surface area contributed by atoms with Crippen molar-refractivity contribution in [2.75, 3.05) is 0 Å². The normalized spacial score (nSPS) is 11.4. The van der Waals surface area contributed by atoms with E-state index in [0.29, 0.717) is 5.56 Å². The molecule has 0 spiro atoms. The van der Waals surface area contributed by atoms with Crippen LogP contribution in [0, 0.1) is 11.3 Å². The molecule has 4 heteroatoms. The summed E-state index contributed by atoms with van der Waals surface area (Å²) in [5.41, 5.74) is 13.4. The Hall–Kier alpha value is -7.22. The molecular formula is C48H30N4. The Morgan fingerprint density at radius 3 is 1.71 bits per heavy atom. The second-order valence-corrected chi connectivity index (χ2v) is 13.1. The minimum Gasteiger partial charge on any atom is -0.309 e. The van der Waals surface area contributed by atoms with E-state index in [9.17, 15) is 5.26 Å². The van der Waals surface area contributed by atoms with Crippen LogP contribution in [0.2, 0.25) is 0 Å². The molecule has 3 heterocycles. The zero-order valence-corrected chi connectivity index (χ0v) is 28.1. The molecule has 10 aromatic rings. The van der Waals surface area contributed by atoms with Gasteiger partial charge in [0.25, 0.3) is 0 Å². The number of benzene rings is 7. The van der Waals surface area contributed by atoms with Crippen molar-refractivity contribution < 1.29 is 0 Å². The smallest absolute Gasteiger partial charge is 0.0991 e. The van der Waals surface area contributed by atoms with Crippen LogP contribution in [0.5, 0.6) is 0 Å². The van der Waals surface area contributed by atoms with E-state index in [1.54, 1.807) is 0 Å². The predicted molar refractivity (Wildman–Crippen MR) is 214 cm³/mol. The fourth-order valence-corrected chi connectivity index (χ4v) is 7.79. The second kappa shape index (κ2) is 12.0. The van der Waals surface area contributed by atoms with Crippen LogP contribution in [-0.4, -0.2) is 14.1 Å². The summed E-state index contributed by atoms with van der Waals surface area (Å²) in [6.07, 6.45) is 0. The number of aromatic nitrogens is 3. The fourth-order valence-electron chi connectivity index (χ4n) is 7.79. The van der Waals surface area contributed by atoms with Crippen molar-refractivity contribution in [1.82, 2.24) is 14.1 Å². The average Bonchev–Trinajstić information content (AvgIpc) is 3.74. The Labute approximate surface area is 300 Å². The summed E-state index contributed by atoms with van der Waals surface area (Å²) in [6, 6.07) is 66.0. The predicted octanol–water partition coefficient (Wildman–Crippen LogP) is 12.1. The molecule has 0 bridgehead atoms. The highest BCUT2D eigenvalue weighted by atomic mass is 15.0. The molecule has 4 nitrogen and oxygen atoms in total. The number of nitriles is 1. The van der Waals surface area contributed by atoms with E-state index in [4.69, 9.17) is 4.98 Å². The van der Waals surface area contributed by atoms with Gasteiger partial charge in [0.2, 0.25) is 0 Å². The van der Waals surface area contributed by atoms with Gasteiger partial charge in [-0.15, -0.1) is 0 Å². The molecule has 52 heavy (non-hydrogen) atoms. The van der Waals surface area contributed by atoms with Gasteiger partial charge in [-0.1, -0.05) is 115 Å². The number of hydrogen-bond donors (Lipinski definition) is 0. The molecule has 0 radical (unpaired) electrons. The largest absolute Gasteiger partial charge is 0.309 e. The van der Waals surface area contributed by atoms with Crippen molar-refractivity contribution in [3.05, 3.63) is 188 Å². The Morgan fingerprint density at radius 2 is 1.00 bits per heavy atom.